The Bertz CT molecular complexity index is 383. The van der Waals surface area contributed by atoms with Crippen molar-refractivity contribution in [2.24, 2.45) is 5.73 Å². The highest BCUT2D eigenvalue weighted by Gasteiger charge is 2.07. The third-order valence-electron chi connectivity index (χ3n) is 2.66. The largest absolute Gasteiger partial charge is 0.383 e. The van der Waals surface area contributed by atoms with Crippen LogP contribution < -0.4 is 10.6 Å². The maximum absolute atomic E-state index is 8.66. The van der Waals surface area contributed by atoms with Gasteiger partial charge in [0.25, 0.3) is 0 Å². The summed E-state index contributed by atoms with van der Waals surface area (Å²) < 4.78 is 5.07. The van der Waals surface area contributed by atoms with E-state index in [0.29, 0.717) is 19.6 Å². The van der Waals surface area contributed by atoms with Gasteiger partial charge in [-0.15, -0.1) is 0 Å². The summed E-state index contributed by atoms with van der Waals surface area (Å²) in [5.41, 5.74) is 7.62. The number of hydrogen-bond acceptors (Lipinski definition) is 5. The predicted octanol–water partition coefficient (Wildman–Crippen LogP) is 1.47. The van der Waals surface area contributed by atoms with Crippen molar-refractivity contribution in [3.8, 4) is 6.07 Å². The molecule has 1 atom stereocenters. The Kier molecular flexibility index (Phi) is 6.12. The minimum Gasteiger partial charge on any atom is -0.383 e. The third kappa shape index (κ3) is 4.32. The first kappa shape index (κ1) is 14.4. The fraction of sp³-hybridized carbons (Fsp3) is 0.538. The lowest BCUT2D eigenvalue weighted by atomic mass is 10.2. The Morgan fingerprint density at radius 3 is 2.78 bits per heavy atom. The van der Waals surface area contributed by atoms with Crippen LogP contribution in [-0.4, -0.2) is 31.8 Å². The zero-order chi connectivity index (χ0) is 13.4. The van der Waals surface area contributed by atoms with Gasteiger partial charge < -0.3 is 15.4 Å². The smallest absolute Gasteiger partial charge is 0.0640 e. The second kappa shape index (κ2) is 7.64. The van der Waals surface area contributed by atoms with Crippen LogP contribution in [0.3, 0.4) is 0 Å². The fourth-order valence-corrected chi connectivity index (χ4v) is 1.61. The number of methoxy groups -OCH3 is 1. The van der Waals surface area contributed by atoms with Crippen LogP contribution in [-0.2, 0) is 4.74 Å². The Morgan fingerprint density at radius 1 is 1.50 bits per heavy atom. The van der Waals surface area contributed by atoms with Crippen molar-refractivity contribution < 1.29 is 4.74 Å². The highest BCUT2D eigenvalue weighted by molar-refractivity contribution is 5.44. The fourth-order valence-electron chi connectivity index (χ4n) is 1.61. The molecule has 0 aliphatic heterocycles. The molecule has 98 valence electrons. The molecule has 0 aliphatic rings. The van der Waals surface area contributed by atoms with Gasteiger partial charge in [0.15, 0.2) is 0 Å². The summed E-state index contributed by atoms with van der Waals surface area (Å²) in [5, 5.41) is 8.66. The summed E-state index contributed by atoms with van der Waals surface area (Å²) in [4.78, 5) is 6.41. The molecule has 0 aliphatic carbocycles. The molecule has 0 amide bonds. The van der Waals surface area contributed by atoms with E-state index in [1.54, 1.807) is 13.3 Å². The van der Waals surface area contributed by atoms with Crippen LogP contribution in [0.15, 0.2) is 18.3 Å². The lowest BCUT2D eigenvalue weighted by Crippen LogP contribution is -2.28. The molecule has 0 fully saturated rings. The van der Waals surface area contributed by atoms with E-state index in [-0.39, 0.29) is 6.04 Å². The second-order valence-corrected chi connectivity index (χ2v) is 4.12. The Balaban J connectivity index is 2.74. The first-order valence-electron chi connectivity index (χ1n) is 6.01. The molecule has 5 heteroatoms. The molecule has 1 aromatic heterocycles. The van der Waals surface area contributed by atoms with Crippen molar-refractivity contribution in [2.45, 2.75) is 19.4 Å². The minimum atomic E-state index is -0.0643. The predicted molar refractivity (Wildman–Crippen MR) is 71.2 cm³/mol. The van der Waals surface area contributed by atoms with Crippen LogP contribution in [0, 0.1) is 11.3 Å². The molecule has 0 spiro atoms. The van der Waals surface area contributed by atoms with Crippen LogP contribution in [0.25, 0.3) is 0 Å². The average Bonchev–Trinajstić information content (AvgIpc) is 2.39. The summed E-state index contributed by atoms with van der Waals surface area (Å²) in [6, 6.07) is 5.99. The molecule has 1 heterocycles. The molecule has 0 bridgehead atoms. The van der Waals surface area contributed by atoms with Crippen LogP contribution in [0.4, 0.5) is 5.69 Å². The van der Waals surface area contributed by atoms with Gasteiger partial charge in [-0.05, 0) is 19.1 Å². The zero-order valence-electron chi connectivity index (χ0n) is 11.0. The number of nitriles is 1. The van der Waals surface area contributed by atoms with Gasteiger partial charge >= 0.3 is 0 Å². The third-order valence-corrected chi connectivity index (χ3v) is 2.66. The van der Waals surface area contributed by atoms with Crippen molar-refractivity contribution in [1.82, 2.24) is 4.98 Å². The van der Waals surface area contributed by atoms with Crippen molar-refractivity contribution in [1.29, 1.82) is 5.26 Å². The molecular formula is C13H20N4O. The van der Waals surface area contributed by atoms with E-state index in [1.165, 1.54) is 0 Å². The first-order valence-corrected chi connectivity index (χ1v) is 6.01. The monoisotopic (exact) mass is 248 g/mol. The Hall–Kier alpha value is -1.64. The maximum Gasteiger partial charge on any atom is 0.0640 e. The van der Waals surface area contributed by atoms with E-state index < -0.39 is 0 Å². The molecular weight excluding hydrogens is 228 g/mol. The van der Waals surface area contributed by atoms with Crippen molar-refractivity contribution in [2.75, 3.05) is 31.7 Å². The van der Waals surface area contributed by atoms with Gasteiger partial charge in [0, 0.05) is 26.2 Å². The minimum absolute atomic E-state index is 0.0643. The molecule has 0 saturated carbocycles. The normalized spacial score (nSPS) is 11.9. The van der Waals surface area contributed by atoms with Crippen molar-refractivity contribution in [3.05, 3.63) is 24.0 Å². The number of anilines is 1. The quantitative estimate of drug-likeness (QED) is 0.790. The highest BCUT2D eigenvalue weighted by atomic mass is 16.5. The molecule has 1 aromatic rings. The van der Waals surface area contributed by atoms with Crippen LogP contribution >= 0.6 is 0 Å². The molecule has 0 unspecified atom stereocenters. The highest BCUT2D eigenvalue weighted by Crippen LogP contribution is 2.15. The van der Waals surface area contributed by atoms with Crippen LogP contribution in [0.2, 0.25) is 0 Å². The van der Waals surface area contributed by atoms with Gasteiger partial charge in [-0.3, -0.25) is 4.98 Å². The van der Waals surface area contributed by atoms with E-state index in [9.17, 15) is 0 Å². The maximum atomic E-state index is 8.66. The number of nitrogens with two attached hydrogens (primary N) is 1. The molecule has 5 nitrogen and oxygen atoms in total. The zero-order valence-corrected chi connectivity index (χ0v) is 11.0. The number of pyridine rings is 1. The van der Waals surface area contributed by atoms with Gasteiger partial charge in [-0.25, -0.2) is 0 Å². The summed E-state index contributed by atoms with van der Waals surface area (Å²) in [7, 11) is 1.67. The molecule has 0 aromatic carbocycles. The van der Waals surface area contributed by atoms with Gasteiger partial charge in [0.2, 0.25) is 0 Å². The van der Waals surface area contributed by atoms with E-state index in [1.807, 2.05) is 19.1 Å². The average molecular weight is 248 g/mol. The van der Waals surface area contributed by atoms with Gasteiger partial charge in [-0.2, -0.15) is 5.26 Å². The van der Waals surface area contributed by atoms with Crippen molar-refractivity contribution >= 4 is 5.69 Å². The van der Waals surface area contributed by atoms with Gasteiger partial charge in [0.1, 0.15) is 0 Å². The Morgan fingerprint density at radius 2 is 2.28 bits per heavy atom. The summed E-state index contributed by atoms with van der Waals surface area (Å²) >= 11 is 0. The molecule has 0 saturated heterocycles. The van der Waals surface area contributed by atoms with E-state index in [4.69, 9.17) is 15.7 Å². The van der Waals surface area contributed by atoms with E-state index in [2.05, 4.69) is 16.0 Å². The van der Waals surface area contributed by atoms with Crippen LogP contribution in [0.1, 0.15) is 25.1 Å². The number of ether oxygens (including phenoxy) is 1. The number of hydrogen-bond donors (Lipinski definition) is 1. The standard InChI is InChI=1S/C13H20N4O/c1-11(15)13-5-4-12(10-16-13)17(7-3-6-14)8-9-18-2/h4-5,10-11H,3,7-9,15H2,1-2H3/t11-/m0/s1. The summed E-state index contributed by atoms with van der Waals surface area (Å²) in [6.45, 7) is 3.96. The van der Waals surface area contributed by atoms with Gasteiger partial charge in [0.05, 0.1) is 36.7 Å². The van der Waals surface area contributed by atoms with Crippen molar-refractivity contribution in [3.63, 3.8) is 0 Å². The second-order valence-electron chi connectivity index (χ2n) is 4.12. The Labute approximate surface area is 108 Å². The van der Waals surface area contributed by atoms with Gasteiger partial charge in [-0.1, -0.05) is 0 Å². The molecule has 2 N–H and O–H groups in total. The number of rotatable bonds is 7. The lowest BCUT2D eigenvalue weighted by Gasteiger charge is -2.23. The SMILES string of the molecule is COCCN(CCC#N)c1ccc([C@H](C)N)nc1. The summed E-state index contributed by atoms with van der Waals surface area (Å²) in [5.74, 6) is 0. The molecule has 1 rings (SSSR count). The summed E-state index contributed by atoms with van der Waals surface area (Å²) in [6.07, 6.45) is 2.28. The number of aromatic nitrogens is 1. The van der Waals surface area contributed by atoms with Crippen LogP contribution in [0.5, 0.6) is 0 Å². The topological polar surface area (TPSA) is 75.2 Å². The lowest BCUT2D eigenvalue weighted by molar-refractivity contribution is 0.205. The number of nitrogens with zero attached hydrogens (tertiary/aromatic N) is 3. The van der Waals surface area contributed by atoms with E-state index in [0.717, 1.165) is 17.9 Å². The molecule has 18 heavy (non-hydrogen) atoms. The molecule has 0 radical (unpaired) electrons. The van der Waals surface area contributed by atoms with E-state index >= 15 is 0 Å². The first-order chi connectivity index (χ1) is 8.69.